The summed E-state index contributed by atoms with van der Waals surface area (Å²) in [4.78, 5) is 12.9. The molecule has 0 amide bonds. The maximum Gasteiger partial charge on any atom is 0.223 e. The topological polar surface area (TPSA) is 70.3 Å². The van der Waals surface area contributed by atoms with Crippen LogP contribution in [0.25, 0.3) is 0 Å². The summed E-state index contributed by atoms with van der Waals surface area (Å²) in [6.07, 6.45) is 0. The lowest BCUT2D eigenvalue weighted by Crippen LogP contribution is -2.36. The van der Waals surface area contributed by atoms with Crippen LogP contribution in [-0.2, 0) is 0 Å². The molecular weight excluding hydrogens is 252 g/mol. The third-order valence-electron chi connectivity index (χ3n) is 3.51. The summed E-state index contributed by atoms with van der Waals surface area (Å²) in [5.74, 6) is 1.83. The molecule has 3 rings (SSSR count). The first kappa shape index (κ1) is 12.5. The van der Waals surface area contributed by atoms with Crippen LogP contribution < -0.4 is 20.9 Å². The highest BCUT2D eigenvalue weighted by Gasteiger charge is 2.22. The van der Waals surface area contributed by atoms with E-state index in [1.165, 1.54) is 5.69 Å². The van der Waals surface area contributed by atoms with Crippen molar-refractivity contribution in [3.05, 3.63) is 30.3 Å². The van der Waals surface area contributed by atoms with Gasteiger partial charge in [-0.2, -0.15) is 9.97 Å². The number of hydrogen-bond acceptors (Lipinski definition) is 6. The fraction of sp³-hybridized carbons (Fsp3) is 0.286. The third-order valence-corrected chi connectivity index (χ3v) is 3.51. The van der Waals surface area contributed by atoms with Crippen LogP contribution in [0.1, 0.15) is 0 Å². The molecule has 104 valence electrons. The minimum absolute atomic E-state index is 0.281. The Morgan fingerprint density at radius 3 is 2.65 bits per heavy atom. The predicted octanol–water partition coefficient (Wildman–Crippen LogP) is 1.69. The van der Waals surface area contributed by atoms with Crippen molar-refractivity contribution in [3.8, 4) is 0 Å². The van der Waals surface area contributed by atoms with Gasteiger partial charge in [0.25, 0.3) is 0 Å². The van der Waals surface area contributed by atoms with Crippen LogP contribution in [0, 0.1) is 0 Å². The summed E-state index contributed by atoms with van der Waals surface area (Å²) in [5.41, 5.74) is 8.13. The Bertz CT molecular complexity index is 627. The molecule has 0 radical (unpaired) electrons. The van der Waals surface area contributed by atoms with Crippen molar-refractivity contribution in [2.24, 2.45) is 0 Å². The highest BCUT2D eigenvalue weighted by atomic mass is 15.3. The van der Waals surface area contributed by atoms with Crippen LogP contribution in [0.2, 0.25) is 0 Å². The fourth-order valence-corrected chi connectivity index (χ4v) is 2.46. The number of nitrogens with one attached hydrogen (secondary N) is 1. The maximum absolute atomic E-state index is 5.79. The average Bonchev–Trinajstić information content (AvgIpc) is 2.47. The molecule has 20 heavy (non-hydrogen) atoms. The quantitative estimate of drug-likeness (QED) is 0.865. The van der Waals surface area contributed by atoms with Gasteiger partial charge in [-0.3, -0.25) is 0 Å². The number of nitrogen functional groups attached to an aromatic ring is 1. The van der Waals surface area contributed by atoms with Crippen LogP contribution in [0.5, 0.6) is 0 Å². The molecule has 0 aliphatic carbocycles. The summed E-state index contributed by atoms with van der Waals surface area (Å²) in [5, 5.41) is 3.01. The van der Waals surface area contributed by atoms with Gasteiger partial charge in [0, 0.05) is 33.3 Å². The van der Waals surface area contributed by atoms with E-state index in [0.717, 1.165) is 30.4 Å². The lowest BCUT2D eigenvalue weighted by molar-refractivity contribution is 0.812. The van der Waals surface area contributed by atoms with Crippen LogP contribution >= 0.6 is 0 Å². The molecule has 0 unspecified atom stereocenters. The van der Waals surface area contributed by atoms with E-state index in [1.54, 1.807) is 0 Å². The Labute approximate surface area is 118 Å². The largest absolute Gasteiger partial charge is 0.373 e. The lowest BCUT2D eigenvalue weighted by atomic mass is 10.1. The van der Waals surface area contributed by atoms with Gasteiger partial charge in [-0.05, 0) is 12.1 Å². The maximum atomic E-state index is 5.79. The summed E-state index contributed by atoms with van der Waals surface area (Å²) < 4.78 is 0. The van der Waals surface area contributed by atoms with Crippen LogP contribution in [0.3, 0.4) is 0 Å². The molecule has 2 aromatic rings. The molecule has 0 fully saturated rings. The molecule has 1 aliphatic rings. The van der Waals surface area contributed by atoms with Crippen molar-refractivity contribution in [2.45, 2.75) is 0 Å². The summed E-state index contributed by atoms with van der Waals surface area (Å²) in [7, 11) is 3.92. The van der Waals surface area contributed by atoms with E-state index in [9.17, 15) is 0 Å². The number of para-hydroxylation sites is 2. The number of benzene rings is 1. The van der Waals surface area contributed by atoms with E-state index >= 15 is 0 Å². The Kier molecular flexibility index (Phi) is 3.06. The SMILES string of the molecule is CNc1cc(N2CCN(C)c3ccccc32)nc(N)n1. The highest BCUT2D eigenvalue weighted by Crippen LogP contribution is 2.36. The Morgan fingerprint density at radius 1 is 1.15 bits per heavy atom. The second-order valence-electron chi connectivity index (χ2n) is 4.78. The molecule has 0 saturated carbocycles. The standard InChI is InChI=1S/C14H18N6/c1-16-12-9-13(18-14(15)17-12)20-8-7-19(2)10-5-3-4-6-11(10)20/h3-6,9H,7-8H2,1-2H3,(H3,15,16,17,18). The number of likely N-dealkylation sites (N-methyl/N-ethyl adjacent to an activating group) is 1. The van der Waals surface area contributed by atoms with Gasteiger partial charge in [0.15, 0.2) is 0 Å². The van der Waals surface area contributed by atoms with Crippen molar-refractivity contribution < 1.29 is 0 Å². The number of aromatic nitrogens is 2. The van der Waals surface area contributed by atoms with Gasteiger partial charge in [0.2, 0.25) is 5.95 Å². The zero-order valence-electron chi connectivity index (χ0n) is 11.7. The smallest absolute Gasteiger partial charge is 0.223 e. The zero-order chi connectivity index (χ0) is 14.1. The molecule has 0 saturated heterocycles. The van der Waals surface area contributed by atoms with Gasteiger partial charge in [0.1, 0.15) is 11.6 Å². The predicted molar refractivity (Wildman–Crippen MR) is 82.7 cm³/mol. The third kappa shape index (κ3) is 2.09. The number of anilines is 5. The van der Waals surface area contributed by atoms with Gasteiger partial charge in [-0.25, -0.2) is 0 Å². The Balaban J connectivity index is 2.07. The van der Waals surface area contributed by atoms with Crippen molar-refractivity contribution in [1.29, 1.82) is 0 Å². The number of nitrogens with two attached hydrogens (primary N) is 1. The van der Waals surface area contributed by atoms with Crippen LogP contribution in [0.4, 0.5) is 29.0 Å². The first-order valence-electron chi connectivity index (χ1n) is 6.59. The van der Waals surface area contributed by atoms with Crippen LogP contribution in [0.15, 0.2) is 30.3 Å². The molecule has 6 heteroatoms. The summed E-state index contributed by atoms with van der Waals surface area (Å²) in [6, 6.07) is 10.2. The molecule has 0 bridgehead atoms. The van der Waals surface area contributed by atoms with Crippen molar-refractivity contribution >= 4 is 29.0 Å². The summed E-state index contributed by atoms with van der Waals surface area (Å²) >= 11 is 0. The number of rotatable bonds is 2. The van der Waals surface area contributed by atoms with Gasteiger partial charge >= 0.3 is 0 Å². The van der Waals surface area contributed by atoms with Gasteiger partial charge < -0.3 is 20.9 Å². The van der Waals surface area contributed by atoms with E-state index < -0.39 is 0 Å². The molecule has 1 aliphatic heterocycles. The van der Waals surface area contributed by atoms with E-state index in [4.69, 9.17) is 5.73 Å². The van der Waals surface area contributed by atoms with E-state index in [0.29, 0.717) is 0 Å². The molecule has 6 nitrogen and oxygen atoms in total. The Hall–Kier alpha value is -2.50. The normalized spacial score (nSPS) is 14.1. The number of nitrogens with zero attached hydrogens (tertiary/aromatic N) is 4. The molecule has 3 N–H and O–H groups in total. The van der Waals surface area contributed by atoms with E-state index in [1.807, 2.05) is 25.2 Å². The lowest BCUT2D eigenvalue weighted by Gasteiger charge is -2.36. The highest BCUT2D eigenvalue weighted by molar-refractivity contribution is 5.78. The molecule has 1 aromatic carbocycles. The van der Waals surface area contributed by atoms with Gasteiger partial charge in [0.05, 0.1) is 11.4 Å². The Morgan fingerprint density at radius 2 is 1.90 bits per heavy atom. The van der Waals surface area contributed by atoms with E-state index in [2.05, 4.69) is 44.3 Å². The fourth-order valence-electron chi connectivity index (χ4n) is 2.46. The van der Waals surface area contributed by atoms with Crippen molar-refractivity contribution in [3.63, 3.8) is 0 Å². The van der Waals surface area contributed by atoms with Crippen LogP contribution in [-0.4, -0.2) is 37.2 Å². The minimum Gasteiger partial charge on any atom is -0.373 e. The van der Waals surface area contributed by atoms with Crippen molar-refractivity contribution in [1.82, 2.24) is 9.97 Å². The van der Waals surface area contributed by atoms with Gasteiger partial charge in [-0.1, -0.05) is 12.1 Å². The molecule has 0 atom stereocenters. The van der Waals surface area contributed by atoms with Gasteiger partial charge in [-0.15, -0.1) is 0 Å². The average molecular weight is 270 g/mol. The van der Waals surface area contributed by atoms with E-state index in [-0.39, 0.29) is 5.95 Å². The van der Waals surface area contributed by atoms with Crippen molar-refractivity contribution in [2.75, 3.05) is 48.0 Å². The first-order chi connectivity index (χ1) is 9.69. The zero-order valence-corrected chi connectivity index (χ0v) is 11.7. The molecule has 1 aromatic heterocycles. The minimum atomic E-state index is 0.281. The second-order valence-corrected chi connectivity index (χ2v) is 4.78. The molecule has 2 heterocycles. The number of hydrogen-bond donors (Lipinski definition) is 2. The number of fused-ring (bicyclic) bond motifs is 1. The molecular formula is C14H18N6. The second kappa shape index (κ2) is 4.88. The molecule has 0 spiro atoms. The first-order valence-corrected chi connectivity index (χ1v) is 6.59. The monoisotopic (exact) mass is 270 g/mol. The summed E-state index contributed by atoms with van der Waals surface area (Å²) in [6.45, 7) is 1.81.